The van der Waals surface area contributed by atoms with Gasteiger partial charge < -0.3 is 5.11 Å². The van der Waals surface area contributed by atoms with Crippen LogP contribution in [-0.4, -0.2) is 11.1 Å². The molecule has 0 aliphatic heterocycles. The van der Waals surface area contributed by atoms with Gasteiger partial charge in [-0.2, -0.15) is 18.4 Å². The molecular weight excluding hydrogens is 307 g/mol. The number of hydrogen-bond donors (Lipinski definition) is 1. The summed E-state index contributed by atoms with van der Waals surface area (Å²) >= 11 is 0. The van der Waals surface area contributed by atoms with E-state index in [2.05, 4.69) is 0 Å². The lowest BCUT2D eigenvalue weighted by Crippen LogP contribution is -2.04. The quantitative estimate of drug-likeness (QED) is 0.671. The van der Waals surface area contributed by atoms with Crippen molar-refractivity contribution in [2.24, 2.45) is 0 Å². The summed E-state index contributed by atoms with van der Waals surface area (Å²) in [6.45, 7) is 0. The number of nitriles is 1. The van der Waals surface area contributed by atoms with Crippen LogP contribution in [0.4, 0.5) is 13.2 Å². The Morgan fingerprint density at radius 2 is 1.70 bits per heavy atom. The highest BCUT2D eigenvalue weighted by molar-refractivity contribution is 5.92. The van der Waals surface area contributed by atoms with Gasteiger partial charge in [-0.25, -0.2) is 4.79 Å². The van der Waals surface area contributed by atoms with E-state index in [4.69, 9.17) is 5.11 Å². The number of nitrogens with zero attached hydrogens (tertiary/aromatic N) is 1. The maximum absolute atomic E-state index is 12.7. The molecule has 0 amide bonds. The van der Waals surface area contributed by atoms with Gasteiger partial charge in [0.05, 0.1) is 22.8 Å². The van der Waals surface area contributed by atoms with Gasteiger partial charge in [0.2, 0.25) is 0 Å². The molecule has 0 aliphatic carbocycles. The van der Waals surface area contributed by atoms with Gasteiger partial charge in [-0.1, -0.05) is 24.3 Å². The number of hydrogen-bond acceptors (Lipinski definition) is 2. The topological polar surface area (TPSA) is 61.1 Å². The van der Waals surface area contributed by atoms with Gasteiger partial charge in [-0.05, 0) is 41.5 Å². The molecule has 0 fully saturated rings. The lowest BCUT2D eigenvalue weighted by Gasteiger charge is -2.07. The first-order valence-electron chi connectivity index (χ1n) is 6.44. The van der Waals surface area contributed by atoms with E-state index < -0.39 is 17.7 Å². The van der Waals surface area contributed by atoms with E-state index >= 15 is 0 Å². The molecule has 0 bridgehead atoms. The van der Waals surface area contributed by atoms with Gasteiger partial charge in [0.1, 0.15) is 0 Å². The highest BCUT2D eigenvalue weighted by Crippen LogP contribution is 2.30. The smallest absolute Gasteiger partial charge is 0.416 e. The molecule has 2 aromatic rings. The highest BCUT2D eigenvalue weighted by atomic mass is 19.4. The molecule has 0 aliphatic rings. The third-order valence-corrected chi connectivity index (χ3v) is 3.09. The molecule has 116 valence electrons. The van der Waals surface area contributed by atoms with Crippen LogP contribution >= 0.6 is 0 Å². The maximum atomic E-state index is 12.7. The third-order valence-electron chi connectivity index (χ3n) is 3.09. The first-order chi connectivity index (χ1) is 10.8. The van der Waals surface area contributed by atoms with Crippen LogP contribution in [0.25, 0.3) is 11.6 Å². The second kappa shape index (κ2) is 6.36. The SMILES string of the molecule is N#C/C(=C/c1cccc(C(F)(F)F)c1)c1ccc(C(=O)O)cc1. The van der Waals surface area contributed by atoms with Crippen LogP contribution in [0, 0.1) is 11.3 Å². The van der Waals surface area contributed by atoms with E-state index in [0.717, 1.165) is 12.1 Å². The monoisotopic (exact) mass is 317 g/mol. The van der Waals surface area contributed by atoms with Crippen LogP contribution in [0.5, 0.6) is 0 Å². The largest absolute Gasteiger partial charge is 0.478 e. The first-order valence-corrected chi connectivity index (χ1v) is 6.44. The molecule has 3 nitrogen and oxygen atoms in total. The van der Waals surface area contributed by atoms with Crippen LogP contribution in [0.2, 0.25) is 0 Å². The fourth-order valence-corrected chi connectivity index (χ4v) is 1.94. The van der Waals surface area contributed by atoms with Crippen LogP contribution in [0.1, 0.15) is 27.0 Å². The summed E-state index contributed by atoms with van der Waals surface area (Å²) in [5.74, 6) is -1.10. The molecule has 0 saturated heterocycles. The molecule has 23 heavy (non-hydrogen) atoms. The zero-order valence-electron chi connectivity index (χ0n) is 11.6. The molecule has 6 heteroatoms. The second-order valence-corrected chi connectivity index (χ2v) is 4.68. The van der Waals surface area contributed by atoms with Gasteiger partial charge in [0.25, 0.3) is 0 Å². The minimum Gasteiger partial charge on any atom is -0.478 e. The number of benzene rings is 2. The summed E-state index contributed by atoms with van der Waals surface area (Å²) in [6.07, 6.45) is -3.13. The van der Waals surface area contributed by atoms with Crippen molar-refractivity contribution in [3.63, 3.8) is 0 Å². The van der Waals surface area contributed by atoms with E-state index in [1.165, 1.54) is 42.5 Å². The molecule has 1 N–H and O–H groups in total. The Morgan fingerprint density at radius 1 is 1.09 bits per heavy atom. The standard InChI is InChI=1S/C17H10F3NO2/c18-17(19,20)15-3-1-2-11(9-15)8-14(10-21)12-4-6-13(7-5-12)16(22)23/h1-9H,(H,22,23)/b14-8-. The lowest BCUT2D eigenvalue weighted by molar-refractivity contribution is -0.137. The third kappa shape index (κ3) is 3.98. The van der Waals surface area contributed by atoms with Gasteiger partial charge in [-0.15, -0.1) is 0 Å². The van der Waals surface area contributed by atoms with Crippen LogP contribution in [0.15, 0.2) is 48.5 Å². The summed E-state index contributed by atoms with van der Waals surface area (Å²) in [6, 6.07) is 12.1. The van der Waals surface area contributed by atoms with Gasteiger partial charge in [-0.3, -0.25) is 0 Å². The number of allylic oxidation sites excluding steroid dienone is 1. The van der Waals surface area contributed by atoms with E-state index in [1.54, 1.807) is 0 Å². The molecule has 0 unspecified atom stereocenters. The molecule has 0 radical (unpaired) electrons. The Labute approximate surface area is 129 Å². The van der Waals surface area contributed by atoms with Crippen molar-refractivity contribution in [3.05, 3.63) is 70.8 Å². The Hall–Kier alpha value is -3.07. The summed E-state index contributed by atoms with van der Waals surface area (Å²) < 4.78 is 38.1. The molecule has 0 saturated carbocycles. The molecule has 0 aromatic heterocycles. The molecule has 2 aromatic carbocycles. The summed E-state index contributed by atoms with van der Waals surface area (Å²) in [7, 11) is 0. The number of carboxylic acid groups (broad SMARTS) is 1. The van der Waals surface area contributed by atoms with Crippen molar-refractivity contribution in [1.29, 1.82) is 5.26 Å². The van der Waals surface area contributed by atoms with Gasteiger partial charge in [0, 0.05) is 0 Å². The molecule has 0 spiro atoms. The summed E-state index contributed by atoms with van der Waals surface area (Å²) in [4.78, 5) is 10.8. The summed E-state index contributed by atoms with van der Waals surface area (Å²) in [5.41, 5.74) is 0.0599. The van der Waals surface area contributed by atoms with Crippen LogP contribution < -0.4 is 0 Å². The van der Waals surface area contributed by atoms with E-state index in [-0.39, 0.29) is 16.7 Å². The van der Waals surface area contributed by atoms with Crippen LogP contribution in [-0.2, 0) is 6.18 Å². The predicted molar refractivity (Wildman–Crippen MR) is 78.3 cm³/mol. The Morgan fingerprint density at radius 3 is 2.22 bits per heavy atom. The van der Waals surface area contributed by atoms with Crippen molar-refractivity contribution in [1.82, 2.24) is 0 Å². The minimum absolute atomic E-state index is 0.0603. The average Bonchev–Trinajstić information content (AvgIpc) is 2.52. The molecular formula is C17H10F3NO2. The van der Waals surface area contributed by atoms with Crippen molar-refractivity contribution >= 4 is 17.6 Å². The van der Waals surface area contributed by atoms with Crippen molar-refractivity contribution < 1.29 is 23.1 Å². The fourth-order valence-electron chi connectivity index (χ4n) is 1.94. The number of halogens is 3. The average molecular weight is 317 g/mol. The van der Waals surface area contributed by atoms with Gasteiger partial charge in [0.15, 0.2) is 0 Å². The van der Waals surface area contributed by atoms with Crippen molar-refractivity contribution in [2.45, 2.75) is 6.18 Å². The normalized spacial score (nSPS) is 11.8. The van der Waals surface area contributed by atoms with E-state index in [0.29, 0.717) is 5.56 Å². The van der Waals surface area contributed by atoms with Gasteiger partial charge >= 0.3 is 12.1 Å². The zero-order valence-corrected chi connectivity index (χ0v) is 11.6. The van der Waals surface area contributed by atoms with Crippen molar-refractivity contribution in [2.75, 3.05) is 0 Å². The Kier molecular flexibility index (Phi) is 4.51. The number of carbonyl (C=O) groups is 1. The zero-order chi connectivity index (χ0) is 17.0. The number of carboxylic acids is 1. The first kappa shape index (κ1) is 16.3. The molecule has 0 atom stereocenters. The Balaban J connectivity index is 2.39. The minimum atomic E-state index is -4.46. The number of aromatic carboxylic acids is 1. The number of rotatable bonds is 3. The predicted octanol–water partition coefficient (Wildman–Crippen LogP) is 4.47. The van der Waals surface area contributed by atoms with Crippen molar-refractivity contribution in [3.8, 4) is 6.07 Å². The molecule has 0 heterocycles. The Bertz CT molecular complexity index is 800. The summed E-state index contributed by atoms with van der Waals surface area (Å²) in [5, 5.41) is 18.0. The lowest BCUT2D eigenvalue weighted by atomic mass is 10.0. The van der Waals surface area contributed by atoms with E-state index in [1.807, 2.05) is 6.07 Å². The highest BCUT2D eigenvalue weighted by Gasteiger charge is 2.30. The fraction of sp³-hybridized carbons (Fsp3) is 0.0588. The second-order valence-electron chi connectivity index (χ2n) is 4.68. The van der Waals surface area contributed by atoms with Crippen LogP contribution in [0.3, 0.4) is 0 Å². The molecule has 2 rings (SSSR count). The number of alkyl halides is 3. The van der Waals surface area contributed by atoms with E-state index in [9.17, 15) is 23.2 Å². The maximum Gasteiger partial charge on any atom is 0.416 e.